The van der Waals surface area contributed by atoms with Crippen LogP contribution in [0.4, 0.5) is 0 Å². The smallest absolute Gasteiger partial charge is 0.164 e. The summed E-state index contributed by atoms with van der Waals surface area (Å²) in [6.07, 6.45) is 0. The first-order valence-electron chi connectivity index (χ1n) is 10.6. The van der Waals surface area contributed by atoms with Crippen molar-refractivity contribution in [2.45, 2.75) is 37.7 Å². The molecule has 4 rings (SSSR count). The SMILES string of the molecule is CC(=O)c1c(C)nc(-c2ccccc2)nc1SSc1nc(-c2ccccc2)nc(C)c1C(C)=O. The van der Waals surface area contributed by atoms with E-state index < -0.39 is 0 Å². The molecule has 6 nitrogen and oxygen atoms in total. The Kier molecular flexibility index (Phi) is 7.19. The lowest BCUT2D eigenvalue weighted by Crippen LogP contribution is -2.07. The summed E-state index contributed by atoms with van der Waals surface area (Å²) in [4.78, 5) is 43.4. The van der Waals surface area contributed by atoms with Gasteiger partial charge in [0, 0.05) is 11.1 Å². The van der Waals surface area contributed by atoms with Gasteiger partial charge in [-0.25, -0.2) is 19.9 Å². The van der Waals surface area contributed by atoms with Gasteiger partial charge in [-0.3, -0.25) is 9.59 Å². The Morgan fingerprint density at radius 2 is 0.941 bits per heavy atom. The Morgan fingerprint density at radius 1 is 0.588 bits per heavy atom. The molecule has 0 saturated carbocycles. The summed E-state index contributed by atoms with van der Waals surface area (Å²) in [6, 6.07) is 19.2. The maximum atomic E-state index is 12.4. The number of nitrogens with zero attached hydrogens (tertiary/aromatic N) is 4. The standard InChI is InChI=1S/C26H22N4O2S2/c1-15-21(17(3)31)25(29-23(27-15)19-11-7-5-8-12-19)33-34-26-22(18(4)32)16(2)28-24(30-26)20-13-9-6-10-14-20/h5-14H,1-4H3. The fourth-order valence-electron chi connectivity index (χ4n) is 3.54. The predicted octanol–water partition coefficient (Wildman–Crippen LogP) is 6.42. The Balaban J connectivity index is 1.77. The zero-order chi connectivity index (χ0) is 24.2. The van der Waals surface area contributed by atoms with Gasteiger partial charge in [-0.2, -0.15) is 0 Å². The van der Waals surface area contributed by atoms with Gasteiger partial charge in [0.05, 0.1) is 22.5 Å². The Hall–Kier alpha value is -3.36. The number of aryl methyl sites for hydroxylation is 2. The molecule has 8 heteroatoms. The molecule has 0 spiro atoms. The number of carbonyl (C=O) groups is 2. The van der Waals surface area contributed by atoms with Crippen LogP contribution in [-0.2, 0) is 0 Å². The normalized spacial score (nSPS) is 10.8. The van der Waals surface area contributed by atoms with Crippen molar-refractivity contribution in [3.63, 3.8) is 0 Å². The second kappa shape index (κ2) is 10.3. The van der Waals surface area contributed by atoms with Gasteiger partial charge in [0.1, 0.15) is 10.1 Å². The zero-order valence-corrected chi connectivity index (χ0v) is 20.8. The average Bonchev–Trinajstić information content (AvgIpc) is 2.82. The zero-order valence-electron chi connectivity index (χ0n) is 19.2. The number of hydrogen-bond donors (Lipinski definition) is 0. The molecule has 0 aliphatic carbocycles. The maximum Gasteiger partial charge on any atom is 0.164 e. The quantitative estimate of drug-likeness (QED) is 0.168. The summed E-state index contributed by atoms with van der Waals surface area (Å²) >= 11 is 0. The molecular weight excluding hydrogens is 464 g/mol. The number of ketones is 2. The van der Waals surface area contributed by atoms with Gasteiger partial charge in [-0.1, -0.05) is 60.7 Å². The van der Waals surface area contributed by atoms with E-state index in [0.29, 0.717) is 44.2 Å². The monoisotopic (exact) mass is 486 g/mol. The molecule has 0 bridgehead atoms. The third kappa shape index (κ3) is 5.08. The van der Waals surface area contributed by atoms with Crippen LogP contribution in [0.25, 0.3) is 22.8 Å². The summed E-state index contributed by atoms with van der Waals surface area (Å²) in [6.45, 7) is 6.63. The van der Waals surface area contributed by atoms with E-state index in [1.807, 2.05) is 74.5 Å². The molecule has 0 fully saturated rings. The summed E-state index contributed by atoms with van der Waals surface area (Å²) in [5, 5.41) is 1.08. The van der Waals surface area contributed by atoms with Crippen LogP contribution >= 0.6 is 21.6 Å². The highest BCUT2D eigenvalue weighted by molar-refractivity contribution is 8.76. The minimum Gasteiger partial charge on any atom is -0.294 e. The van der Waals surface area contributed by atoms with Crippen LogP contribution in [0.3, 0.4) is 0 Å². The van der Waals surface area contributed by atoms with E-state index in [2.05, 4.69) is 9.97 Å². The van der Waals surface area contributed by atoms with Crippen LogP contribution in [0.15, 0.2) is 70.7 Å². The van der Waals surface area contributed by atoms with Gasteiger partial charge >= 0.3 is 0 Å². The van der Waals surface area contributed by atoms with E-state index in [0.717, 1.165) is 11.1 Å². The van der Waals surface area contributed by atoms with Crippen LogP contribution in [0.2, 0.25) is 0 Å². The number of rotatable bonds is 7. The van der Waals surface area contributed by atoms with Crippen molar-refractivity contribution in [3.05, 3.63) is 83.2 Å². The minimum atomic E-state index is -0.115. The minimum absolute atomic E-state index is 0.115. The van der Waals surface area contributed by atoms with E-state index in [1.54, 1.807) is 0 Å². The Morgan fingerprint density at radius 3 is 1.26 bits per heavy atom. The second-order valence-electron chi connectivity index (χ2n) is 7.64. The van der Waals surface area contributed by atoms with E-state index in [-0.39, 0.29) is 11.6 Å². The van der Waals surface area contributed by atoms with Crippen molar-refractivity contribution in [3.8, 4) is 22.8 Å². The molecule has 0 aliphatic rings. The van der Waals surface area contributed by atoms with Crippen LogP contribution < -0.4 is 0 Å². The second-order valence-corrected chi connectivity index (χ2v) is 9.74. The highest BCUT2D eigenvalue weighted by atomic mass is 33.1. The number of benzene rings is 2. The third-order valence-corrected chi connectivity index (χ3v) is 7.27. The molecule has 0 N–H and O–H groups in total. The maximum absolute atomic E-state index is 12.4. The number of carbonyl (C=O) groups excluding carboxylic acids is 2. The van der Waals surface area contributed by atoms with Crippen molar-refractivity contribution in [1.29, 1.82) is 0 Å². The van der Waals surface area contributed by atoms with Gasteiger partial charge in [0.25, 0.3) is 0 Å². The van der Waals surface area contributed by atoms with Crippen molar-refractivity contribution >= 4 is 33.2 Å². The van der Waals surface area contributed by atoms with E-state index >= 15 is 0 Å². The molecule has 0 saturated heterocycles. The summed E-state index contributed by atoms with van der Waals surface area (Å²) in [5.74, 6) is 0.857. The molecule has 2 aromatic heterocycles. The highest BCUT2D eigenvalue weighted by Gasteiger charge is 2.21. The molecule has 4 aromatic rings. The van der Waals surface area contributed by atoms with Gasteiger partial charge in [0.2, 0.25) is 0 Å². The molecule has 2 aromatic carbocycles. The molecule has 0 aliphatic heterocycles. The van der Waals surface area contributed by atoms with Crippen LogP contribution in [-0.4, -0.2) is 31.5 Å². The van der Waals surface area contributed by atoms with Gasteiger partial charge < -0.3 is 0 Å². The van der Waals surface area contributed by atoms with E-state index in [1.165, 1.54) is 35.4 Å². The fraction of sp³-hybridized carbons (Fsp3) is 0.154. The fourth-order valence-corrected chi connectivity index (χ4v) is 5.89. The summed E-state index contributed by atoms with van der Waals surface area (Å²) in [5.41, 5.74) is 3.88. The number of hydrogen-bond acceptors (Lipinski definition) is 8. The molecule has 0 atom stereocenters. The van der Waals surface area contributed by atoms with Crippen molar-refractivity contribution in [1.82, 2.24) is 19.9 Å². The molecular formula is C26H22N4O2S2. The van der Waals surface area contributed by atoms with Crippen LogP contribution in [0.5, 0.6) is 0 Å². The molecule has 2 heterocycles. The van der Waals surface area contributed by atoms with Gasteiger partial charge in [-0.05, 0) is 49.3 Å². The van der Waals surface area contributed by atoms with Gasteiger partial charge in [-0.15, -0.1) is 0 Å². The van der Waals surface area contributed by atoms with Crippen molar-refractivity contribution in [2.75, 3.05) is 0 Å². The largest absolute Gasteiger partial charge is 0.294 e. The Labute approximate surface area is 206 Å². The predicted molar refractivity (Wildman–Crippen MR) is 136 cm³/mol. The first-order chi connectivity index (χ1) is 16.3. The molecule has 170 valence electrons. The lowest BCUT2D eigenvalue weighted by atomic mass is 10.1. The molecule has 0 radical (unpaired) electrons. The third-order valence-electron chi connectivity index (χ3n) is 5.08. The van der Waals surface area contributed by atoms with E-state index in [4.69, 9.17) is 9.97 Å². The lowest BCUT2D eigenvalue weighted by molar-refractivity contribution is 0.1000. The van der Waals surface area contributed by atoms with Gasteiger partial charge in [0.15, 0.2) is 23.2 Å². The van der Waals surface area contributed by atoms with Crippen LogP contribution in [0, 0.1) is 13.8 Å². The van der Waals surface area contributed by atoms with E-state index in [9.17, 15) is 9.59 Å². The van der Waals surface area contributed by atoms with Crippen molar-refractivity contribution < 1.29 is 9.59 Å². The molecule has 0 unspecified atom stereocenters. The first-order valence-corrected chi connectivity index (χ1v) is 12.7. The Bertz CT molecular complexity index is 1270. The average molecular weight is 487 g/mol. The lowest BCUT2D eigenvalue weighted by Gasteiger charge is -2.13. The van der Waals surface area contributed by atoms with Crippen LogP contribution in [0.1, 0.15) is 46.0 Å². The number of aromatic nitrogens is 4. The molecule has 0 amide bonds. The van der Waals surface area contributed by atoms with Crippen molar-refractivity contribution in [2.24, 2.45) is 0 Å². The highest BCUT2D eigenvalue weighted by Crippen LogP contribution is 2.41. The number of Topliss-reactive ketones (excluding diaryl/α,β-unsaturated/α-hetero) is 2. The summed E-state index contributed by atoms with van der Waals surface area (Å²) in [7, 11) is 2.60. The summed E-state index contributed by atoms with van der Waals surface area (Å²) < 4.78 is 0. The topological polar surface area (TPSA) is 85.7 Å². The molecule has 34 heavy (non-hydrogen) atoms. The first kappa shape index (κ1) is 23.8.